The van der Waals surface area contributed by atoms with Gasteiger partial charge in [0, 0.05) is 12.1 Å². The summed E-state index contributed by atoms with van der Waals surface area (Å²) in [6.07, 6.45) is 4.16. The molecule has 4 atom stereocenters. The first-order chi connectivity index (χ1) is 6.27. The molecule has 13 heavy (non-hydrogen) atoms. The summed E-state index contributed by atoms with van der Waals surface area (Å²) in [7, 11) is 0. The zero-order chi connectivity index (χ0) is 9.26. The van der Waals surface area contributed by atoms with Crippen LogP contribution in [-0.2, 0) is 0 Å². The minimum Gasteiger partial charge on any atom is -0.314 e. The lowest BCUT2D eigenvalue weighted by molar-refractivity contribution is 0.284. The molecule has 0 amide bonds. The van der Waals surface area contributed by atoms with Gasteiger partial charge in [-0.1, -0.05) is 6.92 Å². The highest BCUT2D eigenvalue weighted by atomic mass is 15.0. The van der Waals surface area contributed by atoms with Gasteiger partial charge in [-0.25, -0.2) is 0 Å². The molecule has 2 aliphatic rings. The smallest absolute Gasteiger partial charge is 0.00965 e. The van der Waals surface area contributed by atoms with Crippen molar-refractivity contribution < 1.29 is 0 Å². The fourth-order valence-electron chi connectivity index (χ4n) is 2.30. The van der Waals surface area contributed by atoms with Crippen LogP contribution < -0.4 is 10.6 Å². The van der Waals surface area contributed by atoms with Gasteiger partial charge in [0.2, 0.25) is 0 Å². The van der Waals surface area contributed by atoms with E-state index in [1.165, 1.54) is 32.4 Å². The maximum atomic E-state index is 3.67. The molecule has 1 saturated heterocycles. The molecule has 2 N–H and O–H groups in total. The summed E-state index contributed by atoms with van der Waals surface area (Å²) < 4.78 is 0. The predicted molar refractivity (Wildman–Crippen MR) is 55.8 cm³/mol. The number of piperidine rings is 1. The van der Waals surface area contributed by atoms with Crippen molar-refractivity contribution in [2.75, 3.05) is 13.1 Å². The fourth-order valence-corrected chi connectivity index (χ4v) is 2.30. The maximum Gasteiger partial charge on any atom is 0.00965 e. The summed E-state index contributed by atoms with van der Waals surface area (Å²) in [6, 6.07) is 1.56. The topological polar surface area (TPSA) is 24.1 Å². The lowest BCUT2D eigenvalue weighted by Gasteiger charge is -2.30. The number of rotatable bonds is 3. The zero-order valence-corrected chi connectivity index (χ0v) is 8.84. The molecule has 0 aromatic heterocycles. The van der Waals surface area contributed by atoms with Gasteiger partial charge in [0.05, 0.1) is 0 Å². The summed E-state index contributed by atoms with van der Waals surface area (Å²) >= 11 is 0. The van der Waals surface area contributed by atoms with Gasteiger partial charge < -0.3 is 10.6 Å². The van der Waals surface area contributed by atoms with Gasteiger partial charge in [-0.2, -0.15) is 0 Å². The minimum absolute atomic E-state index is 0.718. The second-order valence-corrected chi connectivity index (χ2v) is 4.87. The number of hydrogen-bond donors (Lipinski definition) is 2. The van der Waals surface area contributed by atoms with Crippen LogP contribution in [0, 0.1) is 11.8 Å². The van der Waals surface area contributed by atoms with E-state index in [1.54, 1.807) is 0 Å². The normalized spacial score (nSPS) is 44.8. The first-order valence-electron chi connectivity index (χ1n) is 5.74. The van der Waals surface area contributed by atoms with Crippen molar-refractivity contribution in [2.24, 2.45) is 11.8 Å². The Morgan fingerprint density at radius 3 is 2.77 bits per heavy atom. The largest absolute Gasteiger partial charge is 0.314 e. The van der Waals surface area contributed by atoms with Crippen molar-refractivity contribution in [1.29, 1.82) is 0 Å². The molecule has 76 valence electrons. The highest BCUT2D eigenvalue weighted by Gasteiger charge is 2.33. The Hall–Kier alpha value is -0.0800. The van der Waals surface area contributed by atoms with Gasteiger partial charge in [0.25, 0.3) is 0 Å². The molecule has 1 aliphatic heterocycles. The van der Waals surface area contributed by atoms with Crippen LogP contribution in [0.2, 0.25) is 0 Å². The molecule has 1 saturated carbocycles. The van der Waals surface area contributed by atoms with Crippen LogP contribution in [0.1, 0.15) is 33.1 Å². The quantitative estimate of drug-likeness (QED) is 0.689. The summed E-state index contributed by atoms with van der Waals surface area (Å²) in [4.78, 5) is 0. The van der Waals surface area contributed by atoms with E-state index in [0.717, 1.165) is 23.9 Å². The highest BCUT2D eigenvalue weighted by Crippen LogP contribution is 2.29. The van der Waals surface area contributed by atoms with Gasteiger partial charge >= 0.3 is 0 Å². The van der Waals surface area contributed by atoms with E-state index in [0.29, 0.717) is 0 Å². The van der Waals surface area contributed by atoms with Crippen molar-refractivity contribution in [3.63, 3.8) is 0 Å². The van der Waals surface area contributed by atoms with Crippen molar-refractivity contribution in [3.05, 3.63) is 0 Å². The van der Waals surface area contributed by atoms with E-state index < -0.39 is 0 Å². The summed E-state index contributed by atoms with van der Waals surface area (Å²) in [5, 5.41) is 7.21. The molecular formula is C11H22N2. The predicted octanol–water partition coefficient (Wildman–Crippen LogP) is 1.37. The summed E-state index contributed by atoms with van der Waals surface area (Å²) in [6.45, 7) is 7.10. The third-order valence-electron chi connectivity index (χ3n) is 3.68. The van der Waals surface area contributed by atoms with Crippen molar-refractivity contribution in [3.8, 4) is 0 Å². The van der Waals surface area contributed by atoms with E-state index in [9.17, 15) is 0 Å². The summed E-state index contributed by atoms with van der Waals surface area (Å²) in [5.41, 5.74) is 0. The van der Waals surface area contributed by atoms with Gasteiger partial charge in [0.1, 0.15) is 0 Å². The lowest BCUT2D eigenvalue weighted by atomic mass is 9.92. The first kappa shape index (κ1) is 9.47. The molecule has 0 bridgehead atoms. The Bertz CT molecular complexity index is 169. The fraction of sp³-hybridized carbons (Fsp3) is 1.00. The molecule has 0 aromatic rings. The minimum atomic E-state index is 0.718. The van der Waals surface area contributed by atoms with Crippen molar-refractivity contribution in [1.82, 2.24) is 10.6 Å². The highest BCUT2D eigenvalue weighted by molar-refractivity contribution is 4.91. The second-order valence-electron chi connectivity index (χ2n) is 4.87. The first-order valence-corrected chi connectivity index (χ1v) is 5.74. The van der Waals surface area contributed by atoms with Crippen LogP contribution in [0.3, 0.4) is 0 Å². The van der Waals surface area contributed by atoms with E-state index in [-0.39, 0.29) is 0 Å². The number of nitrogens with one attached hydrogen (secondary N) is 2. The Morgan fingerprint density at radius 1 is 1.38 bits per heavy atom. The molecule has 1 heterocycles. The third kappa shape index (κ3) is 2.44. The zero-order valence-electron chi connectivity index (χ0n) is 8.84. The molecule has 2 fully saturated rings. The molecule has 0 aromatic carbocycles. The Morgan fingerprint density at radius 2 is 2.15 bits per heavy atom. The maximum absolute atomic E-state index is 3.67. The standard InChI is InChI=1S/C11H22N2/c1-8-6-11(8)13-7-10-4-3-5-12-9(10)2/h8-13H,3-7H2,1-2H3. The van der Waals surface area contributed by atoms with Crippen LogP contribution >= 0.6 is 0 Å². The van der Waals surface area contributed by atoms with Crippen LogP contribution in [0.5, 0.6) is 0 Å². The van der Waals surface area contributed by atoms with Crippen LogP contribution in [0.25, 0.3) is 0 Å². The van der Waals surface area contributed by atoms with Crippen molar-refractivity contribution in [2.45, 2.75) is 45.2 Å². The summed E-state index contributed by atoms with van der Waals surface area (Å²) in [5.74, 6) is 1.80. The molecule has 4 unspecified atom stereocenters. The lowest BCUT2D eigenvalue weighted by Crippen LogP contribution is -2.43. The molecule has 0 spiro atoms. The monoisotopic (exact) mass is 182 g/mol. The van der Waals surface area contributed by atoms with Gasteiger partial charge in [-0.05, 0) is 51.1 Å². The average Bonchev–Trinajstić information content (AvgIpc) is 2.81. The van der Waals surface area contributed by atoms with Gasteiger partial charge in [-0.3, -0.25) is 0 Å². The third-order valence-corrected chi connectivity index (χ3v) is 3.68. The Labute approximate surface area is 81.5 Å². The average molecular weight is 182 g/mol. The molecule has 2 rings (SSSR count). The van der Waals surface area contributed by atoms with Gasteiger partial charge in [-0.15, -0.1) is 0 Å². The molecule has 0 radical (unpaired) electrons. The van der Waals surface area contributed by atoms with Crippen LogP contribution in [0.4, 0.5) is 0 Å². The molecule has 2 nitrogen and oxygen atoms in total. The number of hydrogen-bond acceptors (Lipinski definition) is 2. The Kier molecular flexibility index (Phi) is 2.89. The SMILES string of the molecule is CC1CC1NCC1CCCNC1C. The van der Waals surface area contributed by atoms with Crippen LogP contribution in [0.15, 0.2) is 0 Å². The van der Waals surface area contributed by atoms with Crippen LogP contribution in [-0.4, -0.2) is 25.2 Å². The Balaban J connectivity index is 1.67. The van der Waals surface area contributed by atoms with E-state index in [1.807, 2.05) is 0 Å². The van der Waals surface area contributed by atoms with E-state index in [2.05, 4.69) is 24.5 Å². The molecule has 1 aliphatic carbocycles. The van der Waals surface area contributed by atoms with Gasteiger partial charge in [0.15, 0.2) is 0 Å². The molecule has 2 heteroatoms. The second kappa shape index (κ2) is 3.97. The van der Waals surface area contributed by atoms with E-state index in [4.69, 9.17) is 0 Å². The van der Waals surface area contributed by atoms with Crippen molar-refractivity contribution >= 4 is 0 Å². The van der Waals surface area contributed by atoms with E-state index >= 15 is 0 Å². The molecular weight excluding hydrogens is 160 g/mol.